The zero-order valence-corrected chi connectivity index (χ0v) is 24.7. The van der Waals surface area contributed by atoms with Gasteiger partial charge in [0, 0.05) is 13.1 Å². The summed E-state index contributed by atoms with van der Waals surface area (Å²) in [6, 6.07) is -1.80. The number of nitrogens with one attached hydrogen (secondary N) is 3. The van der Waals surface area contributed by atoms with Crippen molar-refractivity contribution in [3.8, 4) is 0 Å². The Labute approximate surface area is 235 Å². The maximum absolute atomic E-state index is 13.8. The molecule has 2 rings (SSSR count). The lowest BCUT2D eigenvalue weighted by Gasteiger charge is -2.26. The number of rotatable bonds is 20. The molecular formula is C25H43N8O6P. The van der Waals surface area contributed by atoms with Crippen molar-refractivity contribution < 1.29 is 28.4 Å². The molecule has 2 aromatic rings. The smallest absolute Gasteiger partial charge is 0.323 e. The lowest BCUT2D eigenvalue weighted by molar-refractivity contribution is -0.145. The van der Waals surface area contributed by atoms with Gasteiger partial charge in [0.2, 0.25) is 13.4 Å². The number of imidazole rings is 1. The minimum atomic E-state index is -3.61. The summed E-state index contributed by atoms with van der Waals surface area (Å²) >= 11 is 0. The van der Waals surface area contributed by atoms with Crippen molar-refractivity contribution >= 4 is 42.3 Å². The quantitative estimate of drug-likeness (QED) is 0.0774. The molecule has 0 aliphatic carbocycles. The lowest BCUT2D eigenvalue weighted by atomic mass is 10.3. The van der Waals surface area contributed by atoms with Crippen LogP contribution in [0.1, 0.15) is 53.4 Å². The highest BCUT2D eigenvalue weighted by molar-refractivity contribution is 7.59. The fourth-order valence-corrected chi connectivity index (χ4v) is 5.57. The first-order chi connectivity index (χ1) is 19.1. The third-order valence-electron chi connectivity index (χ3n) is 5.64. The zero-order valence-electron chi connectivity index (χ0n) is 23.9. The number of unbranched alkanes of at least 4 members (excludes halogenated alkanes) is 2. The molecule has 0 bridgehead atoms. The molecule has 5 N–H and O–H groups in total. The summed E-state index contributed by atoms with van der Waals surface area (Å²) in [5, 5.41) is 8.67. The van der Waals surface area contributed by atoms with E-state index in [1.54, 1.807) is 30.8 Å². The molecule has 0 fully saturated rings. The van der Waals surface area contributed by atoms with Crippen molar-refractivity contribution in [2.24, 2.45) is 0 Å². The molecule has 2 unspecified atom stereocenters. The first-order valence-corrected chi connectivity index (χ1v) is 15.4. The van der Waals surface area contributed by atoms with Gasteiger partial charge >= 0.3 is 11.9 Å². The molecule has 0 aromatic carbocycles. The second kappa shape index (κ2) is 16.9. The van der Waals surface area contributed by atoms with Crippen LogP contribution in [0, 0.1) is 0 Å². The SMILES string of the molecule is C=CCNc1nc(N)nc2c1ncn2CCOCP(=O)(NC(C)C(=O)OCCCC)NC(C)C(=O)OCCCC. The van der Waals surface area contributed by atoms with Crippen molar-refractivity contribution in [1.82, 2.24) is 29.7 Å². The number of hydrogen-bond acceptors (Lipinski definition) is 11. The second-order valence-electron chi connectivity index (χ2n) is 9.23. The Hall–Kier alpha value is -3.06. The van der Waals surface area contributed by atoms with E-state index in [9.17, 15) is 14.2 Å². The van der Waals surface area contributed by atoms with E-state index >= 15 is 0 Å². The Morgan fingerprint density at radius 1 is 1.07 bits per heavy atom. The van der Waals surface area contributed by atoms with Gasteiger partial charge < -0.3 is 29.8 Å². The van der Waals surface area contributed by atoms with Gasteiger partial charge in [-0.15, -0.1) is 6.58 Å². The summed E-state index contributed by atoms with van der Waals surface area (Å²) in [5.74, 6) is -0.521. The highest BCUT2D eigenvalue weighted by Gasteiger charge is 2.32. The Kier molecular flexibility index (Phi) is 14.0. The monoisotopic (exact) mass is 582 g/mol. The third-order valence-corrected chi connectivity index (χ3v) is 7.80. The summed E-state index contributed by atoms with van der Waals surface area (Å²) in [6.07, 6.45) is 6.16. The maximum Gasteiger partial charge on any atom is 0.323 e. The summed E-state index contributed by atoms with van der Waals surface area (Å²) in [5.41, 5.74) is 6.91. The Morgan fingerprint density at radius 2 is 1.68 bits per heavy atom. The molecule has 15 heteroatoms. The number of nitrogen functional groups attached to an aromatic ring is 1. The van der Waals surface area contributed by atoms with Crippen molar-refractivity contribution in [2.75, 3.05) is 43.8 Å². The van der Waals surface area contributed by atoms with Crippen molar-refractivity contribution in [1.29, 1.82) is 0 Å². The van der Waals surface area contributed by atoms with E-state index in [1.807, 2.05) is 13.8 Å². The van der Waals surface area contributed by atoms with Crippen LogP contribution in [-0.2, 0) is 34.9 Å². The van der Waals surface area contributed by atoms with Crippen LogP contribution in [-0.4, -0.2) is 76.3 Å². The van der Waals surface area contributed by atoms with Crippen LogP contribution in [0.2, 0.25) is 0 Å². The standard InChI is InChI=1S/C25H43N8O6P/c1-6-9-13-38-23(34)18(4)31-40(36,32-19(5)24(35)39-14-10-7-2)17-37-15-12-33-16-28-20-21(27-11-8-3)29-25(26)30-22(20)33/h8,16,18-19H,3,6-7,9-15,17H2,1-2,4-5H3,(H2,31,32,36)(H3,26,27,29,30). The zero-order chi connectivity index (χ0) is 29.5. The van der Waals surface area contributed by atoms with E-state index in [4.69, 9.17) is 19.9 Å². The average Bonchev–Trinajstić information content (AvgIpc) is 3.32. The van der Waals surface area contributed by atoms with Crippen LogP contribution in [0.25, 0.3) is 11.2 Å². The van der Waals surface area contributed by atoms with Gasteiger partial charge in [0.05, 0.1) is 26.1 Å². The molecule has 2 atom stereocenters. The topological polar surface area (TPSA) is 185 Å². The number of carbonyl (C=O) groups is 2. The van der Waals surface area contributed by atoms with E-state index in [1.165, 1.54) is 0 Å². The number of nitrogens with two attached hydrogens (primary N) is 1. The number of fused-ring (bicyclic) bond motifs is 1. The molecule has 2 aromatic heterocycles. The van der Waals surface area contributed by atoms with Crippen molar-refractivity contribution in [3.05, 3.63) is 19.0 Å². The van der Waals surface area contributed by atoms with E-state index in [0.717, 1.165) is 25.7 Å². The first kappa shape index (κ1) is 33.1. The van der Waals surface area contributed by atoms with Gasteiger partial charge in [-0.05, 0) is 26.7 Å². The molecule has 0 aliphatic rings. The van der Waals surface area contributed by atoms with Crippen LogP contribution in [0.15, 0.2) is 19.0 Å². The Balaban J connectivity index is 2.07. The van der Waals surface area contributed by atoms with Crippen LogP contribution >= 0.6 is 7.44 Å². The second-order valence-corrected chi connectivity index (χ2v) is 11.5. The van der Waals surface area contributed by atoms with Crippen LogP contribution in [0.5, 0.6) is 0 Å². The van der Waals surface area contributed by atoms with Crippen LogP contribution in [0.3, 0.4) is 0 Å². The summed E-state index contributed by atoms with van der Waals surface area (Å²) in [4.78, 5) is 37.6. The lowest BCUT2D eigenvalue weighted by Crippen LogP contribution is -2.43. The summed E-state index contributed by atoms with van der Waals surface area (Å²) in [7, 11) is -3.61. The molecule has 0 aliphatic heterocycles. The predicted molar refractivity (Wildman–Crippen MR) is 154 cm³/mol. The molecular weight excluding hydrogens is 539 g/mol. The molecule has 0 amide bonds. The number of ether oxygens (including phenoxy) is 3. The highest BCUT2D eigenvalue weighted by atomic mass is 31.2. The summed E-state index contributed by atoms with van der Waals surface area (Å²) in [6.45, 7) is 12.2. The molecule has 0 saturated heterocycles. The molecule has 14 nitrogen and oxygen atoms in total. The molecule has 0 spiro atoms. The first-order valence-electron chi connectivity index (χ1n) is 13.5. The maximum atomic E-state index is 13.8. The fourth-order valence-electron chi connectivity index (χ4n) is 3.50. The number of esters is 2. The Morgan fingerprint density at radius 3 is 2.23 bits per heavy atom. The van der Waals surface area contributed by atoms with Gasteiger partial charge in [-0.2, -0.15) is 9.97 Å². The van der Waals surface area contributed by atoms with E-state index in [0.29, 0.717) is 30.1 Å². The van der Waals surface area contributed by atoms with Gasteiger partial charge in [0.15, 0.2) is 17.0 Å². The summed E-state index contributed by atoms with van der Waals surface area (Å²) < 4.78 is 31.8. The third kappa shape index (κ3) is 10.5. The average molecular weight is 583 g/mol. The minimum absolute atomic E-state index is 0.0826. The molecule has 0 saturated carbocycles. The minimum Gasteiger partial charge on any atom is -0.465 e. The van der Waals surface area contributed by atoms with Gasteiger partial charge in [-0.1, -0.05) is 32.8 Å². The van der Waals surface area contributed by atoms with E-state index in [2.05, 4.69) is 37.0 Å². The molecule has 0 radical (unpaired) electrons. The number of anilines is 2. The molecule has 224 valence electrons. The normalized spacial score (nSPS) is 14.3. The molecule has 40 heavy (non-hydrogen) atoms. The predicted octanol–water partition coefficient (Wildman–Crippen LogP) is 2.82. The van der Waals surface area contributed by atoms with Gasteiger partial charge in [0.1, 0.15) is 18.4 Å². The number of nitrogens with zero attached hydrogens (tertiary/aromatic N) is 4. The largest absolute Gasteiger partial charge is 0.465 e. The van der Waals surface area contributed by atoms with Gasteiger partial charge in [0.25, 0.3) is 0 Å². The molecule has 2 heterocycles. The van der Waals surface area contributed by atoms with E-state index in [-0.39, 0.29) is 32.1 Å². The van der Waals surface area contributed by atoms with Crippen molar-refractivity contribution in [2.45, 2.75) is 72.0 Å². The van der Waals surface area contributed by atoms with Crippen LogP contribution in [0.4, 0.5) is 11.8 Å². The van der Waals surface area contributed by atoms with Crippen LogP contribution < -0.4 is 21.2 Å². The van der Waals surface area contributed by atoms with E-state index < -0.39 is 31.5 Å². The number of aromatic nitrogens is 4. The number of carbonyl (C=O) groups excluding carboxylic acids is 2. The highest BCUT2D eigenvalue weighted by Crippen LogP contribution is 2.37. The Bertz CT molecular complexity index is 1130. The fraction of sp³-hybridized carbons (Fsp3) is 0.640. The number of hydrogen-bond donors (Lipinski definition) is 4. The van der Waals surface area contributed by atoms with Crippen molar-refractivity contribution in [3.63, 3.8) is 0 Å². The van der Waals surface area contributed by atoms with Gasteiger partial charge in [-0.3, -0.25) is 14.2 Å². The van der Waals surface area contributed by atoms with Gasteiger partial charge in [-0.25, -0.2) is 15.2 Å².